The van der Waals surface area contributed by atoms with E-state index in [1.807, 2.05) is 13.2 Å². The number of rotatable bonds is 3. The summed E-state index contributed by atoms with van der Waals surface area (Å²) >= 11 is 1.71. The summed E-state index contributed by atoms with van der Waals surface area (Å²) in [5, 5.41) is 2.58. The molecule has 1 atom stereocenters. The van der Waals surface area contributed by atoms with Crippen molar-refractivity contribution < 1.29 is 9.59 Å². The number of hydrogen-bond donors (Lipinski definition) is 1. The first-order chi connectivity index (χ1) is 6.65. The molecule has 1 unspecified atom stereocenters. The van der Waals surface area contributed by atoms with Crippen molar-refractivity contribution in [3.05, 3.63) is 0 Å². The summed E-state index contributed by atoms with van der Waals surface area (Å²) in [5.41, 5.74) is 0. The van der Waals surface area contributed by atoms with Gasteiger partial charge >= 0.3 is 0 Å². The van der Waals surface area contributed by atoms with Crippen LogP contribution in [0.15, 0.2) is 0 Å². The number of thioether (sulfide) groups is 1. The topological polar surface area (TPSA) is 49.4 Å². The summed E-state index contributed by atoms with van der Waals surface area (Å²) < 4.78 is 0. The van der Waals surface area contributed by atoms with E-state index in [2.05, 4.69) is 5.32 Å². The van der Waals surface area contributed by atoms with Crippen LogP contribution in [0.2, 0.25) is 0 Å². The van der Waals surface area contributed by atoms with Crippen LogP contribution in [0.1, 0.15) is 13.3 Å². The van der Waals surface area contributed by atoms with Crippen molar-refractivity contribution in [2.75, 3.05) is 25.1 Å². The average Bonchev–Trinajstić information content (AvgIpc) is 2.30. The number of carbonyl (C=O) groups is 2. The molecule has 0 aromatic rings. The van der Waals surface area contributed by atoms with Gasteiger partial charge < -0.3 is 10.2 Å². The lowest BCUT2D eigenvalue weighted by Gasteiger charge is -2.26. The van der Waals surface area contributed by atoms with Crippen molar-refractivity contribution in [2.24, 2.45) is 0 Å². The molecule has 0 bridgehead atoms. The molecule has 1 heterocycles. The van der Waals surface area contributed by atoms with Gasteiger partial charge in [-0.05, 0) is 13.2 Å². The molecule has 1 aliphatic rings. The Morgan fingerprint density at radius 1 is 1.57 bits per heavy atom. The summed E-state index contributed by atoms with van der Waals surface area (Å²) in [4.78, 5) is 24.4. The first-order valence-electron chi connectivity index (χ1n) is 4.70. The van der Waals surface area contributed by atoms with Gasteiger partial charge in [-0.1, -0.05) is 0 Å². The van der Waals surface area contributed by atoms with Gasteiger partial charge in [0.25, 0.3) is 0 Å². The number of hydrogen-bond acceptors (Lipinski definition) is 3. The van der Waals surface area contributed by atoms with Gasteiger partial charge in [0.2, 0.25) is 11.8 Å². The molecule has 5 heteroatoms. The van der Waals surface area contributed by atoms with Crippen LogP contribution >= 0.6 is 11.8 Å². The van der Waals surface area contributed by atoms with E-state index in [0.717, 1.165) is 5.75 Å². The van der Waals surface area contributed by atoms with E-state index in [9.17, 15) is 9.59 Å². The SMILES string of the molecule is CSCC(C)N1CCC(=O)NCC1=O. The van der Waals surface area contributed by atoms with Gasteiger partial charge in [-0.2, -0.15) is 11.8 Å². The summed E-state index contributed by atoms with van der Waals surface area (Å²) in [6, 6.07) is 0.213. The van der Waals surface area contributed by atoms with Crippen LogP contribution in [0.5, 0.6) is 0 Å². The quantitative estimate of drug-likeness (QED) is 0.727. The highest BCUT2D eigenvalue weighted by atomic mass is 32.2. The molecule has 1 saturated heterocycles. The molecule has 0 aliphatic carbocycles. The fourth-order valence-electron chi connectivity index (χ4n) is 1.51. The molecule has 1 fully saturated rings. The highest BCUT2D eigenvalue weighted by molar-refractivity contribution is 7.98. The van der Waals surface area contributed by atoms with Crippen molar-refractivity contribution in [2.45, 2.75) is 19.4 Å². The Balaban J connectivity index is 2.57. The lowest BCUT2D eigenvalue weighted by atomic mass is 10.3. The zero-order valence-electron chi connectivity index (χ0n) is 8.58. The van der Waals surface area contributed by atoms with Crippen LogP contribution in [0.3, 0.4) is 0 Å². The molecule has 0 radical (unpaired) electrons. The van der Waals surface area contributed by atoms with Gasteiger partial charge in [0.1, 0.15) is 0 Å². The smallest absolute Gasteiger partial charge is 0.242 e. The number of amides is 2. The van der Waals surface area contributed by atoms with E-state index in [-0.39, 0.29) is 24.4 Å². The van der Waals surface area contributed by atoms with E-state index in [0.29, 0.717) is 13.0 Å². The largest absolute Gasteiger partial charge is 0.347 e. The summed E-state index contributed by atoms with van der Waals surface area (Å²) in [6.07, 6.45) is 2.44. The van der Waals surface area contributed by atoms with Gasteiger partial charge in [0, 0.05) is 24.8 Å². The Hall–Kier alpha value is -0.710. The normalized spacial score (nSPS) is 20.3. The van der Waals surface area contributed by atoms with Gasteiger partial charge in [-0.25, -0.2) is 0 Å². The van der Waals surface area contributed by atoms with E-state index in [1.165, 1.54) is 0 Å². The monoisotopic (exact) mass is 216 g/mol. The predicted octanol–water partition coefficient (Wildman–Crippen LogP) is 0.0864. The first kappa shape index (κ1) is 11.4. The van der Waals surface area contributed by atoms with Crippen LogP contribution in [0, 0.1) is 0 Å². The molecule has 80 valence electrons. The Bertz CT molecular complexity index is 233. The van der Waals surface area contributed by atoms with Crippen LogP contribution in [-0.2, 0) is 9.59 Å². The standard InChI is InChI=1S/C9H16N2O2S/c1-7(6-14-2)11-4-3-8(12)10-5-9(11)13/h7H,3-6H2,1-2H3,(H,10,12). The third-order valence-corrected chi connectivity index (χ3v) is 3.09. The second-order valence-electron chi connectivity index (χ2n) is 3.42. The van der Waals surface area contributed by atoms with Crippen molar-refractivity contribution in [3.8, 4) is 0 Å². The Morgan fingerprint density at radius 3 is 2.93 bits per heavy atom. The molecule has 4 nitrogen and oxygen atoms in total. The fourth-order valence-corrected chi connectivity index (χ4v) is 2.17. The summed E-state index contributed by atoms with van der Waals surface area (Å²) in [7, 11) is 0. The Labute approximate surface area is 88.4 Å². The molecular formula is C9H16N2O2S. The van der Waals surface area contributed by atoms with Crippen LogP contribution in [0.25, 0.3) is 0 Å². The number of nitrogens with zero attached hydrogens (tertiary/aromatic N) is 1. The third-order valence-electron chi connectivity index (χ3n) is 2.28. The summed E-state index contributed by atoms with van der Waals surface area (Å²) in [6.45, 7) is 2.72. The van der Waals surface area contributed by atoms with Gasteiger partial charge in [-0.15, -0.1) is 0 Å². The predicted molar refractivity (Wildman–Crippen MR) is 57.2 cm³/mol. The third kappa shape index (κ3) is 2.90. The van der Waals surface area contributed by atoms with Crippen molar-refractivity contribution >= 4 is 23.6 Å². The van der Waals surface area contributed by atoms with Crippen molar-refractivity contribution in [1.82, 2.24) is 10.2 Å². The molecule has 0 aromatic carbocycles. The molecular weight excluding hydrogens is 200 g/mol. The van der Waals surface area contributed by atoms with Gasteiger partial charge in [0.05, 0.1) is 6.54 Å². The van der Waals surface area contributed by atoms with Gasteiger partial charge in [0.15, 0.2) is 0 Å². The zero-order chi connectivity index (χ0) is 10.6. The van der Waals surface area contributed by atoms with E-state index >= 15 is 0 Å². The average molecular weight is 216 g/mol. The molecule has 0 spiro atoms. The minimum absolute atomic E-state index is 0.0254. The maximum Gasteiger partial charge on any atom is 0.242 e. The lowest BCUT2D eigenvalue weighted by Crippen LogP contribution is -2.42. The maximum absolute atomic E-state index is 11.6. The Morgan fingerprint density at radius 2 is 2.29 bits per heavy atom. The molecule has 2 amide bonds. The number of carbonyl (C=O) groups excluding carboxylic acids is 2. The second-order valence-corrected chi connectivity index (χ2v) is 4.33. The lowest BCUT2D eigenvalue weighted by molar-refractivity contribution is -0.131. The second kappa shape index (κ2) is 5.24. The molecule has 1 N–H and O–H groups in total. The highest BCUT2D eigenvalue weighted by Crippen LogP contribution is 2.08. The Kier molecular flexibility index (Phi) is 4.25. The highest BCUT2D eigenvalue weighted by Gasteiger charge is 2.23. The molecule has 0 saturated carbocycles. The van der Waals surface area contributed by atoms with Gasteiger partial charge in [-0.3, -0.25) is 9.59 Å². The van der Waals surface area contributed by atoms with Crippen molar-refractivity contribution in [3.63, 3.8) is 0 Å². The van der Waals surface area contributed by atoms with Crippen molar-refractivity contribution in [1.29, 1.82) is 0 Å². The van der Waals surface area contributed by atoms with E-state index < -0.39 is 0 Å². The summed E-state index contributed by atoms with van der Waals surface area (Å²) in [5.74, 6) is 0.912. The van der Waals surface area contributed by atoms with Crippen LogP contribution < -0.4 is 5.32 Å². The maximum atomic E-state index is 11.6. The van der Waals surface area contributed by atoms with E-state index in [1.54, 1.807) is 16.7 Å². The van der Waals surface area contributed by atoms with Crippen LogP contribution in [-0.4, -0.2) is 47.9 Å². The molecule has 1 aliphatic heterocycles. The zero-order valence-corrected chi connectivity index (χ0v) is 9.39. The number of nitrogens with one attached hydrogen (secondary N) is 1. The first-order valence-corrected chi connectivity index (χ1v) is 6.09. The minimum Gasteiger partial charge on any atom is -0.347 e. The van der Waals surface area contributed by atoms with E-state index in [4.69, 9.17) is 0 Å². The molecule has 0 aromatic heterocycles. The fraction of sp³-hybridized carbons (Fsp3) is 0.778. The minimum atomic E-state index is -0.0304. The molecule has 14 heavy (non-hydrogen) atoms. The van der Waals surface area contributed by atoms with Crippen LogP contribution in [0.4, 0.5) is 0 Å². The molecule has 1 rings (SSSR count).